The quantitative estimate of drug-likeness (QED) is 0.697. The van der Waals surface area contributed by atoms with E-state index in [1.54, 1.807) is 11.0 Å². The van der Waals surface area contributed by atoms with Crippen LogP contribution in [0.4, 0.5) is 5.69 Å². The lowest BCUT2D eigenvalue weighted by atomic mass is 9.95. The van der Waals surface area contributed by atoms with Gasteiger partial charge in [0.05, 0.1) is 5.69 Å². The fourth-order valence-corrected chi connectivity index (χ4v) is 3.20. The van der Waals surface area contributed by atoms with Crippen molar-refractivity contribution in [2.75, 3.05) is 32.0 Å². The molecular formula is C14H21N3O3S. The molecule has 0 unspecified atom stereocenters. The zero-order chi connectivity index (χ0) is 15.2. The molecule has 0 saturated carbocycles. The second-order valence-corrected chi connectivity index (χ2v) is 6.06. The second kappa shape index (κ2) is 7.42. The van der Waals surface area contributed by atoms with Gasteiger partial charge in [0, 0.05) is 32.2 Å². The van der Waals surface area contributed by atoms with Crippen molar-refractivity contribution in [2.45, 2.75) is 19.3 Å². The topological polar surface area (TPSA) is 95.7 Å². The van der Waals surface area contributed by atoms with Crippen molar-refractivity contribution in [3.8, 4) is 0 Å². The third-order valence-electron chi connectivity index (χ3n) is 3.68. The minimum Gasteiger partial charge on any atom is -0.397 e. The van der Waals surface area contributed by atoms with Crippen LogP contribution in [0, 0.1) is 5.92 Å². The maximum absolute atomic E-state index is 12.3. The fraction of sp³-hybridized carbons (Fsp3) is 0.571. The molecule has 1 aliphatic rings. The number of carbonyl (C=O) groups is 2. The highest BCUT2D eigenvalue weighted by Crippen LogP contribution is 2.24. The molecule has 116 valence electrons. The average molecular weight is 311 g/mol. The number of hydrogen-bond donors (Lipinski definition) is 3. The molecule has 2 amide bonds. The second-order valence-electron chi connectivity index (χ2n) is 5.14. The molecular weight excluding hydrogens is 290 g/mol. The Balaban J connectivity index is 1.82. The number of hydrogen-bond acceptors (Lipinski definition) is 5. The molecule has 0 aliphatic carbocycles. The van der Waals surface area contributed by atoms with Crippen molar-refractivity contribution < 1.29 is 14.7 Å². The number of aliphatic hydroxyl groups is 1. The van der Waals surface area contributed by atoms with Crippen LogP contribution >= 0.6 is 11.3 Å². The molecule has 7 heteroatoms. The van der Waals surface area contributed by atoms with Gasteiger partial charge in [-0.25, -0.2) is 0 Å². The van der Waals surface area contributed by atoms with Crippen LogP contribution < -0.4 is 11.1 Å². The number of rotatable bonds is 5. The summed E-state index contributed by atoms with van der Waals surface area (Å²) < 4.78 is 0. The van der Waals surface area contributed by atoms with E-state index in [1.165, 1.54) is 11.3 Å². The average Bonchev–Trinajstić information content (AvgIpc) is 2.93. The zero-order valence-electron chi connectivity index (χ0n) is 11.9. The number of nitrogen functional groups attached to an aromatic ring is 1. The first-order chi connectivity index (χ1) is 10.1. The minimum atomic E-state index is -0.0478. The summed E-state index contributed by atoms with van der Waals surface area (Å²) in [5.74, 6) is -0.0683. The normalized spacial score (nSPS) is 16.0. The van der Waals surface area contributed by atoms with Crippen LogP contribution in [0.1, 0.15) is 28.9 Å². The standard InChI is InChI=1S/C14H21N3O3S/c15-11-4-9-21-12(11)14(20)17-6-2-10(3-7-17)13(19)16-5-1-8-18/h4,9-10,18H,1-3,5-8,15H2,(H,16,19). The number of likely N-dealkylation sites (tertiary alicyclic amines) is 1. The number of carbonyl (C=O) groups excluding carboxylic acids is 2. The summed E-state index contributed by atoms with van der Waals surface area (Å²) in [7, 11) is 0. The molecule has 0 bridgehead atoms. The van der Waals surface area contributed by atoms with Crippen molar-refractivity contribution in [2.24, 2.45) is 5.92 Å². The molecule has 1 saturated heterocycles. The van der Waals surface area contributed by atoms with Crippen LogP contribution in [-0.4, -0.2) is 48.1 Å². The van der Waals surface area contributed by atoms with Gasteiger partial charge in [0.2, 0.25) is 5.91 Å². The van der Waals surface area contributed by atoms with Gasteiger partial charge in [0.1, 0.15) is 4.88 Å². The first-order valence-electron chi connectivity index (χ1n) is 7.14. The van der Waals surface area contributed by atoms with E-state index in [0.29, 0.717) is 49.5 Å². The Morgan fingerprint density at radius 1 is 1.43 bits per heavy atom. The van der Waals surface area contributed by atoms with Crippen molar-refractivity contribution in [1.29, 1.82) is 0 Å². The molecule has 0 atom stereocenters. The number of piperidine rings is 1. The molecule has 0 spiro atoms. The highest BCUT2D eigenvalue weighted by Gasteiger charge is 2.28. The maximum Gasteiger partial charge on any atom is 0.266 e. The first-order valence-corrected chi connectivity index (χ1v) is 8.02. The Morgan fingerprint density at radius 2 is 2.14 bits per heavy atom. The van der Waals surface area contributed by atoms with Crippen LogP contribution in [0.2, 0.25) is 0 Å². The summed E-state index contributed by atoms with van der Waals surface area (Å²) in [6, 6.07) is 1.74. The molecule has 4 N–H and O–H groups in total. The smallest absolute Gasteiger partial charge is 0.266 e. The number of aliphatic hydroxyl groups excluding tert-OH is 1. The first kappa shape index (κ1) is 15.8. The lowest BCUT2D eigenvalue weighted by Gasteiger charge is -2.31. The van der Waals surface area contributed by atoms with Gasteiger partial charge in [-0.05, 0) is 30.7 Å². The van der Waals surface area contributed by atoms with Crippen molar-refractivity contribution >= 4 is 28.8 Å². The van der Waals surface area contributed by atoms with E-state index in [0.717, 1.165) is 0 Å². The monoisotopic (exact) mass is 311 g/mol. The number of nitrogens with zero attached hydrogens (tertiary/aromatic N) is 1. The summed E-state index contributed by atoms with van der Waals surface area (Å²) in [5, 5.41) is 13.3. The van der Waals surface area contributed by atoms with E-state index in [9.17, 15) is 9.59 Å². The van der Waals surface area contributed by atoms with Crippen molar-refractivity contribution in [3.05, 3.63) is 16.3 Å². The SMILES string of the molecule is Nc1ccsc1C(=O)N1CCC(C(=O)NCCCO)CC1. The summed E-state index contributed by atoms with van der Waals surface area (Å²) >= 11 is 1.35. The van der Waals surface area contributed by atoms with Gasteiger partial charge in [-0.3, -0.25) is 9.59 Å². The predicted molar refractivity (Wildman–Crippen MR) is 82.1 cm³/mol. The molecule has 0 radical (unpaired) electrons. The summed E-state index contributed by atoms with van der Waals surface area (Å²) in [5.41, 5.74) is 6.29. The van der Waals surface area contributed by atoms with Gasteiger partial charge in [-0.2, -0.15) is 0 Å². The van der Waals surface area contributed by atoms with Gasteiger partial charge < -0.3 is 21.1 Å². The molecule has 0 aromatic carbocycles. The third kappa shape index (κ3) is 3.95. The lowest BCUT2D eigenvalue weighted by molar-refractivity contribution is -0.126. The Kier molecular flexibility index (Phi) is 5.58. The van der Waals surface area contributed by atoms with Crippen molar-refractivity contribution in [1.82, 2.24) is 10.2 Å². The molecule has 2 heterocycles. The highest BCUT2D eigenvalue weighted by atomic mass is 32.1. The highest BCUT2D eigenvalue weighted by molar-refractivity contribution is 7.12. The number of nitrogens with one attached hydrogen (secondary N) is 1. The lowest BCUT2D eigenvalue weighted by Crippen LogP contribution is -2.43. The molecule has 1 aromatic rings. The van der Waals surface area contributed by atoms with E-state index < -0.39 is 0 Å². The number of nitrogens with two attached hydrogens (primary N) is 1. The molecule has 1 aromatic heterocycles. The van der Waals surface area contributed by atoms with Crippen LogP contribution in [0.15, 0.2) is 11.4 Å². The Morgan fingerprint density at radius 3 is 2.71 bits per heavy atom. The third-order valence-corrected chi connectivity index (χ3v) is 4.60. The van der Waals surface area contributed by atoms with E-state index in [4.69, 9.17) is 10.8 Å². The number of thiophene rings is 1. The van der Waals surface area contributed by atoms with E-state index in [1.807, 2.05) is 5.38 Å². The Bertz CT molecular complexity index is 495. The Labute approximate surface area is 127 Å². The molecule has 1 aliphatic heterocycles. The van der Waals surface area contributed by atoms with Gasteiger partial charge in [-0.15, -0.1) is 11.3 Å². The van der Waals surface area contributed by atoms with Crippen molar-refractivity contribution in [3.63, 3.8) is 0 Å². The molecule has 21 heavy (non-hydrogen) atoms. The predicted octanol–water partition coefficient (Wildman–Crippen LogP) is 0.681. The molecule has 1 fully saturated rings. The zero-order valence-corrected chi connectivity index (χ0v) is 12.7. The summed E-state index contributed by atoms with van der Waals surface area (Å²) in [6.45, 7) is 1.73. The van der Waals surface area contributed by atoms with Gasteiger partial charge in [0.15, 0.2) is 0 Å². The van der Waals surface area contributed by atoms with Gasteiger partial charge >= 0.3 is 0 Å². The minimum absolute atomic E-state index is 0.0196. The summed E-state index contributed by atoms with van der Waals surface area (Å²) in [6.07, 6.45) is 1.91. The van der Waals surface area contributed by atoms with E-state index >= 15 is 0 Å². The largest absolute Gasteiger partial charge is 0.397 e. The van der Waals surface area contributed by atoms with Crippen LogP contribution in [0.5, 0.6) is 0 Å². The molecule has 6 nitrogen and oxygen atoms in total. The number of anilines is 1. The van der Waals surface area contributed by atoms with E-state index in [-0.39, 0.29) is 24.3 Å². The number of amides is 2. The maximum atomic E-state index is 12.3. The van der Waals surface area contributed by atoms with E-state index in [2.05, 4.69) is 5.32 Å². The Hall–Kier alpha value is -1.60. The summed E-state index contributed by atoms with van der Waals surface area (Å²) in [4.78, 5) is 26.6. The molecule has 2 rings (SSSR count). The van der Waals surface area contributed by atoms with Gasteiger partial charge in [-0.1, -0.05) is 0 Å². The van der Waals surface area contributed by atoms with Gasteiger partial charge in [0.25, 0.3) is 5.91 Å². The fourth-order valence-electron chi connectivity index (χ4n) is 2.42. The van der Waals surface area contributed by atoms with Crippen LogP contribution in [0.3, 0.4) is 0 Å². The van der Waals surface area contributed by atoms with Crippen LogP contribution in [-0.2, 0) is 4.79 Å². The van der Waals surface area contributed by atoms with Crippen LogP contribution in [0.25, 0.3) is 0 Å².